The van der Waals surface area contributed by atoms with E-state index in [4.69, 9.17) is 9.47 Å². The number of aliphatic hydroxyl groups is 1. The summed E-state index contributed by atoms with van der Waals surface area (Å²) in [6.45, 7) is 3.89. The zero-order valence-corrected chi connectivity index (χ0v) is 12.8. The summed E-state index contributed by atoms with van der Waals surface area (Å²) in [5, 5.41) is 19.2. The lowest BCUT2D eigenvalue weighted by atomic mass is 9.93. The first-order valence-electron chi connectivity index (χ1n) is 7.08. The first kappa shape index (κ1) is 17.5. The van der Waals surface area contributed by atoms with Crippen LogP contribution in [0, 0.1) is 5.92 Å². The topological polar surface area (TPSA) is 76.0 Å². The average Bonchev–Trinajstić information content (AvgIpc) is 2.44. The molecule has 5 nitrogen and oxygen atoms in total. The van der Waals surface area contributed by atoms with Gasteiger partial charge in [0.15, 0.2) is 0 Å². The molecule has 0 radical (unpaired) electrons. The Morgan fingerprint density at radius 2 is 1.95 bits per heavy atom. The quantitative estimate of drug-likeness (QED) is 0.730. The summed E-state index contributed by atoms with van der Waals surface area (Å²) in [5.41, 5.74) is 0.823. The largest absolute Gasteiger partial charge is 0.496 e. The van der Waals surface area contributed by atoms with E-state index in [1.165, 1.54) is 0 Å². The second kappa shape index (κ2) is 8.64. The van der Waals surface area contributed by atoms with Crippen molar-refractivity contribution < 1.29 is 24.5 Å². The average molecular weight is 296 g/mol. The number of benzene rings is 1. The fraction of sp³-hybridized carbons (Fsp3) is 0.562. The molecule has 0 fully saturated rings. The van der Waals surface area contributed by atoms with Crippen molar-refractivity contribution in [1.29, 1.82) is 0 Å². The van der Waals surface area contributed by atoms with E-state index in [9.17, 15) is 15.0 Å². The van der Waals surface area contributed by atoms with Gasteiger partial charge in [-0.3, -0.25) is 4.79 Å². The van der Waals surface area contributed by atoms with Crippen LogP contribution in [0.25, 0.3) is 0 Å². The lowest BCUT2D eigenvalue weighted by molar-refractivity contribution is -0.143. The number of aliphatic carboxylic acids is 1. The van der Waals surface area contributed by atoms with Crippen LogP contribution in [-0.4, -0.2) is 42.1 Å². The zero-order valence-electron chi connectivity index (χ0n) is 12.8. The monoisotopic (exact) mass is 296 g/mol. The van der Waals surface area contributed by atoms with Crippen molar-refractivity contribution in [3.63, 3.8) is 0 Å². The highest BCUT2D eigenvalue weighted by Gasteiger charge is 2.23. The van der Waals surface area contributed by atoms with Gasteiger partial charge in [-0.1, -0.05) is 18.2 Å². The molecule has 5 heteroatoms. The van der Waals surface area contributed by atoms with E-state index in [0.29, 0.717) is 12.2 Å². The van der Waals surface area contributed by atoms with Crippen LogP contribution in [0.3, 0.4) is 0 Å². The van der Waals surface area contributed by atoms with Gasteiger partial charge in [-0.25, -0.2) is 0 Å². The number of carboxylic acids is 1. The number of carboxylic acid groups (broad SMARTS) is 1. The fourth-order valence-electron chi connectivity index (χ4n) is 2.11. The summed E-state index contributed by atoms with van der Waals surface area (Å²) >= 11 is 0. The third-order valence-electron chi connectivity index (χ3n) is 3.19. The lowest BCUT2D eigenvalue weighted by Crippen LogP contribution is -2.27. The molecule has 1 aromatic carbocycles. The van der Waals surface area contributed by atoms with Gasteiger partial charge in [-0.2, -0.15) is 0 Å². The van der Waals surface area contributed by atoms with E-state index < -0.39 is 18.0 Å². The molecule has 0 aliphatic carbocycles. The van der Waals surface area contributed by atoms with Crippen molar-refractivity contribution in [3.8, 4) is 5.75 Å². The van der Waals surface area contributed by atoms with E-state index in [1.807, 2.05) is 32.0 Å². The molecular weight excluding hydrogens is 272 g/mol. The Labute approximate surface area is 125 Å². The van der Waals surface area contributed by atoms with Gasteiger partial charge in [0, 0.05) is 0 Å². The minimum absolute atomic E-state index is 0.0112. The maximum Gasteiger partial charge on any atom is 0.306 e. The van der Waals surface area contributed by atoms with Crippen LogP contribution in [-0.2, 0) is 16.0 Å². The number of rotatable bonds is 9. The summed E-state index contributed by atoms with van der Waals surface area (Å²) in [4.78, 5) is 11.4. The molecule has 0 saturated heterocycles. The molecular formula is C16H24O5. The smallest absolute Gasteiger partial charge is 0.306 e. The summed E-state index contributed by atoms with van der Waals surface area (Å²) in [6.07, 6.45) is -0.307. The predicted octanol–water partition coefficient (Wildman–Crippen LogP) is 2.11. The summed E-state index contributed by atoms with van der Waals surface area (Å²) < 4.78 is 10.5. The van der Waals surface area contributed by atoms with Crippen LogP contribution in [0.2, 0.25) is 0 Å². The fourth-order valence-corrected chi connectivity index (χ4v) is 2.11. The van der Waals surface area contributed by atoms with Gasteiger partial charge in [0.25, 0.3) is 0 Å². The number of para-hydroxylation sites is 1. The minimum atomic E-state index is -0.926. The SMILES string of the molecule is COc1ccccc1CC(CC(O)COC(C)C)C(=O)O. The minimum Gasteiger partial charge on any atom is -0.496 e. The van der Waals surface area contributed by atoms with Crippen molar-refractivity contribution in [2.45, 2.75) is 38.9 Å². The molecule has 0 aliphatic rings. The third-order valence-corrected chi connectivity index (χ3v) is 3.19. The van der Waals surface area contributed by atoms with Crippen molar-refractivity contribution in [2.75, 3.05) is 13.7 Å². The van der Waals surface area contributed by atoms with Gasteiger partial charge in [-0.05, 0) is 38.3 Å². The lowest BCUT2D eigenvalue weighted by Gasteiger charge is -2.19. The van der Waals surface area contributed by atoms with Gasteiger partial charge in [-0.15, -0.1) is 0 Å². The van der Waals surface area contributed by atoms with Gasteiger partial charge in [0.05, 0.1) is 31.8 Å². The molecule has 0 amide bonds. The first-order chi connectivity index (χ1) is 9.93. The predicted molar refractivity (Wildman–Crippen MR) is 79.5 cm³/mol. The van der Waals surface area contributed by atoms with Crippen molar-refractivity contribution in [3.05, 3.63) is 29.8 Å². The van der Waals surface area contributed by atoms with Crippen molar-refractivity contribution >= 4 is 5.97 Å². The number of carbonyl (C=O) groups is 1. The van der Waals surface area contributed by atoms with E-state index >= 15 is 0 Å². The molecule has 0 aromatic heterocycles. The molecule has 21 heavy (non-hydrogen) atoms. The number of methoxy groups -OCH3 is 1. The molecule has 0 spiro atoms. The molecule has 1 aromatic rings. The number of ether oxygens (including phenoxy) is 2. The highest BCUT2D eigenvalue weighted by atomic mass is 16.5. The molecule has 118 valence electrons. The highest BCUT2D eigenvalue weighted by molar-refractivity contribution is 5.70. The Morgan fingerprint density at radius 3 is 2.52 bits per heavy atom. The molecule has 0 heterocycles. The third kappa shape index (κ3) is 6.14. The Kier molecular flexibility index (Phi) is 7.19. The molecule has 0 aliphatic heterocycles. The van der Waals surface area contributed by atoms with E-state index in [0.717, 1.165) is 5.56 Å². The van der Waals surface area contributed by atoms with Crippen molar-refractivity contribution in [2.24, 2.45) is 5.92 Å². The molecule has 2 unspecified atom stereocenters. The molecule has 1 rings (SSSR count). The maximum absolute atomic E-state index is 11.4. The van der Waals surface area contributed by atoms with Crippen LogP contribution in [0.4, 0.5) is 0 Å². The van der Waals surface area contributed by atoms with E-state index in [2.05, 4.69) is 0 Å². The normalized spacial score (nSPS) is 14.0. The summed E-state index contributed by atoms with van der Waals surface area (Å²) in [6, 6.07) is 7.32. The van der Waals surface area contributed by atoms with Gasteiger partial charge in [0.2, 0.25) is 0 Å². The second-order valence-corrected chi connectivity index (χ2v) is 5.32. The summed E-state index contributed by atoms with van der Waals surface area (Å²) in [5.74, 6) is -0.937. The molecule has 0 bridgehead atoms. The standard InChI is InChI=1S/C16H24O5/c1-11(2)21-10-14(17)9-13(16(18)19)8-12-6-4-5-7-15(12)20-3/h4-7,11,13-14,17H,8-10H2,1-3H3,(H,18,19). The maximum atomic E-state index is 11.4. The number of hydrogen-bond acceptors (Lipinski definition) is 4. The Bertz CT molecular complexity index is 444. The molecule has 2 N–H and O–H groups in total. The number of hydrogen-bond donors (Lipinski definition) is 2. The van der Waals surface area contributed by atoms with E-state index in [1.54, 1.807) is 13.2 Å². The van der Waals surface area contributed by atoms with E-state index in [-0.39, 0.29) is 19.1 Å². The van der Waals surface area contributed by atoms with Crippen LogP contribution >= 0.6 is 0 Å². The highest BCUT2D eigenvalue weighted by Crippen LogP contribution is 2.23. The molecule has 0 saturated carbocycles. The Morgan fingerprint density at radius 1 is 1.29 bits per heavy atom. The van der Waals surface area contributed by atoms with Crippen LogP contribution in [0.5, 0.6) is 5.75 Å². The molecule has 2 atom stereocenters. The van der Waals surface area contributed by atoms with Gasteiger partial charge < -0.3 is 19.7 Å². The van der Waals surface area contributed by atoms with Crippen LogP contribution in [0.1, 0.15) is 25.8 Å². The summed E-state index contributed by atoms with van der Waals surface area (Å²) in [7, 11) is 1.56. The van der Waals surface area contributed by atoms with Crippen LogP contribution in [0.15, 0.2) is 24.3 Å². The van der Waals surface area contributed by atoms with Crippen molar-refractivity contribution in [1.82, 2.24) is 0 Å². The number of aliphatic hydroxyl groups excluding tert-OH is 1. The van der Waals surface area contributed by atoms with Crippen LogP contribution < -0.4 is 4.74 Å². The zero-order chi connectivity index (χ0) is 15.8. The Hall–Kier alpha value is -1.59. The van der Waals surface area contributed by atoms with Gasteiger partial charge >= 0.3 is 5.97 Å². The first-order valence-corrected chi connectivity index (χ1v) is 7.08. The van der Waals surface area contributed by atoms with Gasteiger partial charge in [0.1, 0.15) is 5.75 Å². The second-order valence-electron chi connectivity index (χ2n) is 5.32. The Balaban J connectivity index is 2.67.